The largest absolute Gasteiger partial charge is 0.481 e. The van der Waals surface area contributed by atoms with E-state index in [1.54, 1.807) is 24.4 Å². The van der Waals surface area contributed by atoms with E-state index in [1.807, 2.05) is 0 Å². The van der Waals surface area contributed by atoms with Crippen molar-refractivity contribution < 1.29 is 19.5 Å². The Kier molecular flexibility index (Phi) is 5.50. The fraction of sp³-hybridized carbons (Fsp3) is 0.417. The second-order valence-electron chi connectivity index (χ2n) is 4.16. The minimum absolute atomic E-state index is 0.0351. The predicted molar refractivity (Wildman–Crippen MR) is 71.1 cm³/mol. The third-order valence-electron chi connectivity index (χ3n) is 2.49. The van der Waals surface area contributed by atoms with Crippen molar-refractivity contribution in [1.29, 1.82) is 0 Å². The molecule has 0 saturated carbocycles. The smallest absolute Gasteiger partial charge is 0.308 e. The van der Waals surface area contributed by atoms with Crippen LogP contribution in [0.15, 0.2) is 17.5 Å². The van der Waals surface area contributed by atoms with Crippen LogP contribution in [0.3, 0.4) is 0 Å². The fourth-order valence-electron chi connectivity index (χ4n) is 1.24. The summed E-state index contributed by atoms with van der Waals surface area (Å²) < 4.78 is 0. The molecule has 0 saturated heterocycles. The second kappa shape index (κ2) is 6.89. The first-order valence-corrected chi connectivity index (χ1v) is 6.64. The molecule has 0 spiro atoms. The first kappa shape index (κ1) is 15.2. The minimum Gasteiger partial charge on any atom is -0.481 e. The van der Waals surface area contributed by atoms with Gasteiger partial charge in [-0.15, -0.1) is 11.3 Å². The molecule has 2 unspecified atom stereocenters. The Morgan fingerprint density at radius 2 is 2.05 bits per heavy atom. The number of amides is 2. The summed E-state index contributed by atoms with van der Waals surface area (Å²) in [6, 6.07) is 2.70. The van der Waals surface area contributed by atoms with Gasteiger partial charge in [0, 0.05) is 6.54 Å². The number of nitrogens with one attached hydrogen (secondary N) is 2. The third kappa shape index (κ3) is 4.70. The Morgan fingerprint density at radius 1 is 1.37 bits per heavy atom. The van der Waals surface area contributed by atoms with E-state index in [0.717, 1.165) is 0 Å². The molecule has 0 aliphatic rings. The van der Waals surface area contributed by atoms with Gasteiger partial charge in [0.2, 0.25) is 5.91 Å². The van der Waals surface area contributed by atoms with Gasteiger partial charge in [-0.2, -0.15) is 0 Å². The summed E-state index contributed by atoms with van der Waals surface area (Å²) in [4.78, 5) is 34.5. The molecular formula is C12H16N2O4S. The third-order valence-corrected chi connectivity index (χ3v) is 3.36. The average molecular weight is 284 g/mol. The molecular weight excluding hydrogens is 268 g/mol. The molecule has 19 heavy (non-hydrogen) atoms. The number of aliphatic carboxylic acids is 1. The van der Waals surface area contributed by atoms with Crippen LogP contribution in [0, 0.1) is 5.92 Å². The van der Waals surface area contributed by atoms with Crippen molar-refractivity contribution in [2.75, 3.05) is 6.54 Å². The van der Waals surface area contributed by atoms with E-state index in [0.29, 0.717) is 4.88 Å². The molecule has 1 heterocycles. The lowest BCUT2D eigenvalue weighted by molar-refractivity contribution is -0.141. The molecule has 0 fully saturated rings. The van der Waals surface area contributed by atoms with Gasteiger partial charge in [-0.05, 0) is 18.4 Å². The monoisotopic (exact) mass is 284 g/mol. The molecule has 1 rings (SSSR count). The van der Waals surface area contributed by atoms with Crippen molar-refractivity contribution in [2.45, 2.75) is 19.9 Å². The zero-order chi connectivity index (χ0) is 14.4. The molecule has 1 aromatic rings. The Bertz CT molecular complexity index is 458. The van der Waals surface area contributed by atoms with Crippen molar-refractivity contribution in [3.63, 3.8) is 0 Å². The molecule has 1 aromatic heterocycles. The average Bonchev–Trinajstić information content (AvgIpc) is 2.88. The van der Waals surface area contributed by atoms with Crippen molar-refractivity contribution >= 4 is 29.1 Å². The van der Waals surface area contributed by atoms with Gasteiger partial charge in [0.25, 0.3) is 5.91 Å². The van der Waals surface area contributed by atoms with E-state index in [2.05, 4.69) is 10.6 Å². The number of hydrogen-bond acceptors (Lipinski definition) is 4. The highest BCUT2D eigenvalue weighted by Gasteiger charge is 2.18. The van der Waals surface area contributed by atoms with Gasteiger partial charge >= 0.3 is 5.97 Å². The second-order valence-corrected chi connectivity index (χ2v) is 5.10. The maximum Gasteiger partial charge on any atom is 0.308 e. The Hall–Kier alpha value is -1.89. The number of carboxylic acid groups (broad SMARTS) is 1. The van der Waals surface area contributed by atoms with Gasteiger partial charge in [0.1, 0.15) is 6.04 Å². The van der Waals surface area contributed by atoms with E-state index < -0.39 is 23.8 Å². The normalized spacial score (nSPS) is 13.4. The van der Waals surface area contributed by atoms with Crippen LogP contribution in [0.25, 0.3) is 0 Å². The number of hydrogen-bond donors (Lipinski definition) is 3. The van der Waals surface area contributed by atoms with Crippen molar-refractivity contribution in [1.82, 2.24) is 10.6 Å². The number of carboxylic acids is 1. The van der Waals surface area contributed by atoms with E-state index in [4.69, 9.17) is 5.11 Å². The van der Waals surface area contributed by atoms with Gasteiger partial charge in [0.15, 0.2) is 0 Å². The zero-order valence-electron chi connectivity index (χ0n) is 10.7. The van der Waals surface area contributed by atoms with Gasteiger partial charge in [-0.3, -0.25) is 14.4 Å². The molecule has 104 valence electrons. The SMILES string of the molecule is CC(CNC(=O)C(C)NC(=O)c1cccs1)C(=O)O. The van der Waals surface area contributed by atoms with Gasteiger partial charge < -0.3 is 15.7 Å². The lowest BCUT2D eigenvalue weighted by Crippen LogP contribution is -2.46. The van der Waals surface area contributed by atoms with E-state index in [-0.39, 0.29) is 12.5 Å². The summed E-state index contributed by atoms with van der Waals surface area (Å²) in [6.45, 7) is 3.08. The van der Waals surface area contributed by atoms with Crippen LogP contribution in [-0.2, 0) is 9.59 Å². The topological polar surface area (TPSA) is 95.5 Å². The molecule has 0 aliphatic heterocycles. The van der Waals surface area contributed by atoms with Crippen LogP contribution in [0.2, 0.25) is 0 Å². The molecule has 0 aromatic carbocycles. The molecule has 0 aliphatic carbocycles. The van der Waals surface area contributed by atoms with Gasteiger partial charge in [0.05, 0.1) is 10.8 Å². The molecule has 2 amide bonds. The standard InChI is InChI=1S/C12H16N2O4S/c1-7(12(17)18)6-13-10(15)8(2)14-11(16)9-4-3-5-19-9/h3-5,7-8H,6H2,1-2H3,(H,13,15)(H,14,16)(H,17,18). The summed E-state index contributed by atoms with van der Waals surface area (Å²) in [6.07, 6.45) is 0. The quantitative estimate of drug-likeness (QED) is 0.716. The molecule has 7 heteroatoms. The summed E-state index contributed by atoms with van der Waals surface area (Å²) in [5.41, 5.74) is 0. The predicted octanol–water partition coefficient (Wildman–Crippen LogP) is 0.703. The maximum absolute atomic E-state index is 11.7. The maximum atomic E-state index is 11.7. The Morgan fingerprint density at radius 3 is 2.58 bits per heavy atom. The molecule has 2 atom stereocenters. The fourth-order valence-corrected chi connectivity index (χ4v) is 1.86. The minimum atomic E-state index is -0.976. The molecule has 0 bridgehead atoms. The van der Waals surface area contributed by atoms with E-state index in [1.165, 1.54) is 18.3 Å². The van der Waals surface area contributed by atoms with Crippen molar-refractivity contribution in [2.24, 2.45) is 5.92 Å². The molecule has 6 nitrogen and oxygen atoms in total. The van der Waals surface area contributed by atoms with Crippen LogP contribution >= 0.6 is 11.3 Å². The lowest BCUT2D eigenvalue weighted by Gasteiger charge is -2.14. The highest BCUT2D eigenvalue weighted by atomic mass is 32.1. The van der Waals surface area contributed by atoms with Crippen LogP contribution in [0.4, 0.5) is 0 Å². The van der Waals surface area contributed by atoms with Crippen molar-refractivity contribution in [3.8, 4) is 0 Å². The summed E-state index contributed by atoms with van der Waals surface area (Å²) in [5.74, 6) is -2.36. The van der Waals surface area contributed by atoms with Crippen LogP contribution in [0.5, 0.6) is 0 Å². The zero-order valence-corrected chi connectivity index (χ0v) is 11.5. The van der Waals surface area contributed by atoms with Gasteiger partial charge in [-0.1, -0.05) is 13.0 Å². The number of rotatable bonds is 6. The van der Waals surface area contributed by atoms with Crippen LogP contribution < -0.4 is 10.6 Å². The number of thiophene rings is 1. The first-order valence-electron chi connectivity index (χ1n) is 5.76. The Labute approximate surface area is 114 Å². The molecule has 0 radical (unpaired) electrons. The van der Waals surface area contributed by atoms with Crippen LogP contribution in [0.1, 0.15) is 23.5 Å². The number of carbonyl (C=O) groups is 3. The molecule has 3 N–H and O–H groups in total. The Balaban J connectivity index is 2.41. The highest BCUT2D eigenvalue weighted by molar-refractivity contribution is 7.12. The van der Waals surface area contributed by atoms with E-state index >= 15 is 0 Å². The highest BCUT2D eigenvalue weighted by Crippen LogP contribution is 2.08. The summed E-state index contributed by atoms with van der Waals surface area (Å²) in [5, 5.41) is 15.5. The van der Waals surface area contributed by atoms with Gasteiger partial charge in [-0.25, -0.2) is 0 Å². The first-order chi connectivity index (χ1) is 8.91. The number of carbonyl (C=O) groups excluding carboxylic acids is 2. The summed E-state index contributed by atoms with van der Waals surface area (Å²) in [7, 11) is 0. The van der Waals surface area contributed by atoms with Crippen LogP contribution in [-0.4, -0.2) is 35.5 Å². The van der Waals surface area contributed by atoms with E-state index in [9.17, 15) is 14.4 Å². The lowest BCUT2D eigenvalue weighted by atomic mass is 10.2. The van der Waals surface area contributed by atoms with Crippen molar-refractivity contribution in [3.05, 3.63) is 22.4 Å². The summed E-state index contributed by atoms with van der Waals surface area (Å²) >= 11 is 1.29.